The van der Waals surface area contributed by atoms with E-state index in [9.17, 15) is 9.59 Å². The number of ether oxygens (including phenoxy) is 1. The number of benzene rings is 1. The first kappa shape index (κ1) is 19.3. The highest BCUT2D eigenvalue weighted by Gasteiger charge is 2.16. The number of fused-ring (bicyclic) bond motifs is 1. The van der Waals surface area contributed by atoms with Crippen LogP contribution in [-0.4, -0.2) is 21.6 Å². The second-order valence-corrected chi connectivity index (χ2v) is 7.85. The quantitative estimate of drug-likeness (QED) is 0.583. The van der Waals surface area contributed by atoms with E-state index in [-0.39, 0.29) is 18.2 Å². The third-order valence-corrected chi connectivity index (χ3v) is 5.54. The number of aromatic nitrogens is 2. The fourth-order valence-electron chi connectivity index (χ4n) is 2.82. The van der Waals surface area contributed by atoms with E-state index >= 15 is 0 Å². The number of carbonyl (C=O) groups is 1. The van der Waals surface area contributed by atoms with Gasteiger partial charge in [0.15, 0.2) is 0 Å². The molecule has 0 saturated heterocycles. The third kappa shape index (κ3) is 4.11. The van der Waals surface area contributed by atoms with Gasteiger partial charge in [-0.15, -0.1) is 11.3 Å². The van der Waals surface area contributed by atoms with E-state index in [1.807, 2.05) is 31.4 Å². The molecule has 1 atom stereocenters. The molecule has 0 fully saturated rings. The highest BCUT2D eigenvalue weighted by Crippen LogP contribution is 2.31. The van der Waals surface area contributed by atoms with Crippen LogP contribution >= 0.6 is 11.3 Å². The van der Waals surface area contributed by atoms with Crippen LogP contribution in [0.25, 0.3) is 21.3 Å². The van der Waals surface area contributed by atoms with Crippen molar-refractivity contribution in [3.8, 4) is 11.1 Å². The fraction of sp³-hybridized carbons (Fsp3) is 0.381. The summed E-state index contributed by atoms with van der Waals surface area (Å²) in [6.07, 6.45) is 1.99. The molecule has 0 aliphatic carbocycles. The zero-order valence-electron chi connectivity index (χ0n) is 16.1. The van der Waals surface area contributed by atoms with Gasteiger partial charge in [0.2, 0.25) is 0 Å². The Bertz CT molecular complexity index is 1000. The number of hydrogen-bond donors (Lipinski definition) is 0. The van der Waals surface area contributed by atoms with Crippen molar-refractivity contribution >= 4 is 27.5 Å². The van der Waals surface area contributed by atoms with Crippen molar-refractivity contribution in [2.45, 2.75) is 52.7 Å². The molecule has 142 valence electrons. The van der Waals surface area contributed by atoms with Gasteiger partial charge in [-0.3, -0.25) is 14.2 Å². The molecule has 0 aliphatic rings. The largest absolute Gasteiger partial charge is 0.461 e. The maximum absolute atomic E-state index is 13.0. The Morgan fingerprint density at radius 2 is 1.93 bits per heavy atom. The Kier molecular flexibility index (Phi) is 5.75. The smallest absolute Gasteiger partial charge is 0.326 e. The summed E-state index contributed by atoms with van der Waals surface area (Å²) >= 11 is 1.43. The van der Waals surface area contributed by atoms with Crippen LogP contribution in [0.3, 0.4) is 0 Å². The normalized spacial score (nSPS) is 12.5. The molecule has 6 heteroatoms. The van der Waals surface area contributed by atoms with E-state index < -0.39 is 5.97 Å². The maximum Gasteiger partial charge on any atom is 0.326 e. The zero-order valence-corrected chi connectivity index (χ0v) is 16.9. The van der Waals surface area contributed by atoms with E-state index in [4.69, 9.17) is 4.74 Å². The van der Waals surface area contributed by atoms with Crippen molar-refractivity contribution in [3.05, 3.63) is 51.9 Å². The van der Waals surface area contributed by atoms with Gasteiger partial charge in [-0.25, -0.2) is 4.98 Å². The number of nitrogens with zero attached hydrogens (tertiary/aromatic N) is 2. The summed E-state index contributed by atoms with van der Waals surface area (Å²) in [5, 5.41) is 2.50. The molecule has 0 aliphatic heterocycles. The van der Waals surface area contributed by atoms with E-state index in [0.29, 0.717) is 16.1 Å². The molecule has 5 nitrogen and oxygen atoms in total. The molecule has 0 unspecified atom stereocenters. The molecular weight excluding hydrogens is 360 g/mol. The van der Waals surface area contributed by atoms with Gasteiger partial charge in [-0.1, -0.05) is 45.0 Å². The molecule has 0 radical (unpaired) electrons. The zero-order chi connectivity index (χ0) is 19.6. The van der Waals surface area contributed by atoms with Gasteiger partial charge in [-0.2, -0.15) is 0 Å². The number of esters is 1. The predicted molar refractivity (Wildman–Crippen MR) is 109 cm³/mol. The molecule has 0 bridgehead atoms. The number of carbonyl (C=O) groups excluding carboxylic acids is 1. The lowest BCUT2D eigenvalue weighted by Crippen LogP contribution is -2.27. The van der Waals surface area contributed by atoms with Crippen LogP contribution in [-0.2, 0) is 16.1 Å². The van der Waals surface area contributed by atoms with Crippen LogP contribution in [0.1, 0.15) is 45.6 Å². The molecule has 0 saturated carbocycles. The summed E-state index contributed by atoms with van der Waals surface area (Å²) in [7, 11) is 0. The molecule has 0 N–H and O–H groups in total. The van der Waals surface area contributed by atoms with Crippen LogP contribution in [0.5, 0.6) is 0 Å². The van der Waals surface area contributed by atoms with Crippen molar-refractivity contribution in [1.29, 1.82) is 0 Å². The molecule has 0 amide bonds. The SMILES string of the molecule is CC[C@@H](C)OC(=O)Cn1cnc2scc(-c3ccc(C(C)C)cc3)c2c1=O. The average Bonchev–Trinajstić information content (AvgIpc) is 3.08. The molecule has 2 heterocycles. The summed E-state index contributed by atoms with van der Waals surface area (Å²) in [5.41, 5.74) is 2.86. The fourth-order valence-corrected chi connectivity index (χ4v) is 3.73. The number of thiophene rings is 1. The number of hydrogen-bond acceptors (Lipinski definition) is 5. The van der Waals surface area contributed by atoms with Gasteiger partial charge in [0.25, 0.3) is 5.56 Å². The Morgan fingerprint density at radius 3 is 2.56 bits per heavy atom. The first-order chi connectivity index (χ1) is 12.9. The first-order valence-electron chi connectivity index (χ1n) is 9.17. The standard InChI is InChI=1S/C21H24N2O3S/c1-5-14(4)26-18(24)10-23-12-22-20-19(21(23)25)17(11-27-20)16-8-6-15(7-9-16)13(2)3/h6-9,11-14H,5,10H2,1-4H3/t14-/m1/s1. The summed E-state index contributed by atoms with van der Waals surface area (Å²) in [6, 6.07) is 8.24. The van der Waals surface area contributed by atoms with Gasteiger partial charge in [0, 0.05) is 10.9 Å². The monoisotopic (exact) mass is 384 g/mol. The topological polar surface area (TPSA) is 61.2 Å². The number of rotatable bonds is 6. The lowest BCUT2D eigenvalue weighted by Gasteiger charge is -2.11. The highest BCUT2D eigenvalue weighted by molar-refractivity contribution is 7.17. The summed E-state index contributed by atoms with van der Waals surface area (Å²) in [5.74, 6) is 0.0272. The van der Waals surface area contributed by atoms with Crippen LogP contribution in [0.15, 0.2) is 40.8 Å². The summed E-state index contributed by atoms with van der Waals surface area (Å²) in [6.45, 7) is 7.94. The van der Waals surface area contributed by atoms with Crippen LogP contribution < -0.4 is 5.56 Å². The predicted octanol–water partition coefficient (Wildman–Crippen LogP) is 4.59. The molecule has 1 aromatic carbocycles. The molecule has 0 spiro atoms. The van der Waals surface area contributed by atoms with Crippen molar-refractivity contribution in [2.75, 3.05) is 0 Å². The molecule has 2 aromatic heterocycles. The van der Waals surface area contributed by atoms with E-state index in [2.05, 4.69) is 31.0 Å². The minimum Gasteiger partial charge on any atom is -0.461 e. The average molecular weight is 385 g/mol. The minimum atomic E-state index is -0.425. The van der Waals surface area contributed by atoms with Crippen molar-refractivity contribution < 1.29 is 9.53 Å². The van der Waals surface area contributed by atoms with Gasteiger partial charge >= 0.3 is 5.97 Å². The van der Waals surface area contributed by atoms with Gasteiger partial charge in [0.05, 0.1) is 17.8 Å². The minimum absolute atomic E-state index is 0.131. The van der Waals surface area contributed by atoms with Crippen molar-refractivity contribution in [2.24, 2.45) is 0 Å². The maximum atomic E-state index is 13.0. The Balaban J connectivity index is 1.97. The third-order valence-electron chi connectivity index (χ3n) is 4.66. The van der Waals surface area contributed by atoms with Gasteiger partial charge in [-0.05, 0) is 30.4 Å². The Hall–Kier alpha value is -2.47. The van der Waals surface area contributed by atoms with Crippen LogP contribution in [0.4, 0.5) is 0 Å². The first-order valence-corrected chi connectivity index (χ1v) is 10.0. The molecular formula is C21H24N2O3S. The van der Waals surface area contributed by atoms with Gasteiger partial charge in [0.1, 0.15) is 11.4 Å². The van der Waals surface area contributed by atoms with Crippen molar-refractivity contribution in [3.63, 3.8) is 0 Å². The van der Waals surface area contributed by atoms with Crippen molar-refractivity contribution in [1.82, 2.24) is 9.55 Å². The van der Waals surface area contributed by atoms with E-state index in [1.54, 1.807) is 0 Å². The Labute approximate surface area is 162 Å². The molecule has 3 rings (SSSR count). The Morgan fingerprint density at radius 1 is 1.22 bits per heavy atom. The second kappa shape index (κ2) is 8.05. The highest BCUT2D eigenvalue weighted by atomic mass is 32.1. The van der Waals surface area contributed by atoms with Crippen LogP contribution in [0, 0.1) is 0 Å². The summed E-state index contributed by atoms with van der Waals surface area (Å²) in [4.78, 5) is 30.1. The molecule has 3 aromatic rings. The lowest BCUT2D eigenvalue weighted by molar-refractivity contribution is -0.149. The van der Waals surface area contributed by atoms with E-state index in [0.717, 1.165) is 17.5 Å². The van der Waals surface area contributed by atoms with Crippen LogP contribution in [0.2, 0.25) is 0 Å². The van der Waals surface area contributed by atoms with Gasteiger partial charge < -0.3 is 4.74 Å². The van der Waals surface area contributed by atoms with E-state index in [1.165, 1.54) is 27.8 Å². The lowest BCUT2D eigenvalue weighted by atomic mass is 9.99. The second-order valence-electron chi connectivity index (χ2n) is 6.99. The summed E-state index contributed by atoms with van der Waals surface area (Å²) < 4.78 is 6.60. The molecule has 27 heavy (non-hydrogen) atoms.